The van der Waals surface area contributed by atoms with Crippen LogP contribution < -0.4 is 10.0 Å². The monoisotopic (exact) mass is 457 g/mol. The topological polar surface area (TPSA) is 71.1 Å². The van der Waals surface area contributed by atoms with Crippen LogP contribution >= 0.6 is 45.8 Å². The van der Waals surface area contributed by atoms with Crippen LogP contribution in [0, 0.1) is 3.57 Å². The molecular weight excluding hydrogens is 448 g/mol. The van der Waals surface area contributed by atoms with Crippen LogP contribution in [0.3, 0.4) is 0 Å². The minimum atomic E-state index is -3.81. The zero-order valence-corrected chi connectivity index (χ0v) is 15.2. The number of sulfonamides is 1. The highest BCUT2D eigenvalue weighted by Crippen LogP contribution is 2.28. The van der Waals surface area contributed by atoms with Crippen molar-refractivity contribution in [2.24, 2.45) is 0 Å². The van der Waals surface area contributed by atoms with Crippen molar-refractivity contribution in [2.45, 2.75) is 4.90 Å². The predicted molar refractivity (Wildman–Crippen MR) is 93.8 cm³/mol. The molecule has 0 spiro atoms. The van der Waals surface area contributed by atoms with Gasteiger partial charge in [-0.3, -0.25) is 4.72 Å². The molecular formula is C12H10Cl2IN3O2S. The molecule has 5 nitrogen and oxygen atoms in total. The molecule has 0 unspecified atom stereocenters. The van der Waals surface area contributed by atoms with E-state index in [2.05, 4.69) is 37.6 Å². The molecule has 0 saturated carbocycles. The Labute approximate surface area is 146 Å². The van der Waals surface area contributed by atoms with E-state index in [0.717, 1.165) is 3.57 Å². The summed E-state index contributed by atoms with van der Waals surface area (Å²) < 4.78 is 27.9. The first kappa shape index (κ1) is 16.6. The van der Waals surface area contributed by atoms with Crippen molar-refractivity contribution in [3.8, 4) is 0 Å². The molecule has 0 amide bonds. The van der Waals surface area contributed by atoms with Crippen molar-refractivity contribution < 1.29 is 8.42 Å². The first-order valence-corrected chi connectivity index (χ1v) is 8.96. The maximum absolute atomic E-state index is 12.3. The van der Waals surface area contributed by atoms with Crippen LogP contribution in [0.15, 0.2) is 35.4 Å². The van der Waals surface area contributed by atoms with Gasteiger partial charge >= 0.3 is 0 Å². The Balaban J connectivity index is 2.36. The molecule has 9 heteroatoms. The number of nitrogens with one attached hydrogen (secondary N) is 2. The maximum Gasteiger partial charge on any atom is 0.263 e. The molecule has 0 saturated heterocycles. The zero-order valence-electron chi connectivity index (χ0n) is 10.7. The molecule has 0 aliphatic carbocycles. The summed E-state index contributed by atoms with van der Waals surface area (Å²) in [5.41, 5.74) is 0.297. The SMILES string of the molecule is CNc1ncc(S(=O)(=O)Nc2ccc(I)cc2Cl)cc1Cl. The normalized spacial score (nSPS) is 11.2. The van der Waals surface area contributed by atoms with E-state index in [9.17, 15) is 8.42 Å². The minimum absolute atomic E-state index is 0.0406. The lowest BCUT2D eigenvalue weighted by Crippen LogP contribution is -2.14. The number of hydrogen-bond acceptors (Lipinski definition) is 4. The molecule has 0 fully saturated rings. The van der Waals surface area contributed by atoms with Gasteiger partial charge in [0.15, 0.2) is 0 Å². The van der Waals surface area contributed by atoms with Crippen LogP contribution in [0.5, 0.6) is 0 Å². The summed E-state index contributed by atoms with van der Waals surface area (Å²) in [5.74, 6) is 0.405. The molecule has 0 radical (unpaired) electrons. The minimum Gasteiger partial charge on any atom is -0.372 e. The van der Waals surface area contributed by atoms with E-state index < -0.39 is 10.0 Å². The third-order valence-corrected chi connectivity index (χ3v) is 5.14. The Morgan fingerprint density at radius 3 is 2.48 bits per heavy atom. The Morgan fingerprint density at radius 2 is 1.90 bits per heavy atom. The number of benzene rings is 1. The van der Waals surface area contributed by atoms with Crippen molar-refractivity contribution in [1.29, 1.82) is 0 Å². The number of halogens is 3. The van der Waals surface area contributed by atoms with Gasteiger partial charge in [-0.1, -0.05) is 23.2 Å². The summed E-state index contributed by atoms with van der Waals surface area (Å²) in [6.07, 6.45) is 1.22. The lowest BCUT2D eigenvalue weighted by molar-refractivity contribution is 0.601. The van der Waals surface area contributed by atoms with Crippen LogP contribution in [-0.2, 0) is 10.0 Å². The number of rotatable bonds is 4. The number of pyridine rings is 1. The molecule has 21 heavy (non-hydrogen) atoms. The van der Waals surface area contributed by atoms with Gasteiger partial charge in [-0.25, -0.2) is 13.4 Å². The van der Waals surface area contributed by atoms with Crippen LogP contribution in [0.2, 0.25) is 10.0 Å². The van der Waals surface area contributed by atoms with Crippen LogP contribution in [-0.4, -0.2) is 20.4 Å². The standard InChI is InChI=1S/C12H10Cl2IN3O2S/c1-16-12-10(14)5-8(6-17-12)21(19,20)18-11-3-2-7(15)4-9(11)13/h2-6,18H,1H3,(H,16,17). The van der Waals surface area contributed by atoms with Crippen LogP contribution in [0.1, 0.15) is 0 Å². The molecule has 0 atom stereocenters. The molecule has 2 N–H and O–H groups in total. The largest absolute Gasteiger partial charge is 0.372 e. The average Bonchev–Trinajstić information content (AvgIpc) is 2.42. The van der Waals surface area contributed by atoms with Crippen molar-refractivity contribution in [3.05, 3.63) is 44.1 Å². The van der Waals surface area contributed by atoms with Crippen LogP contribution in [0.25, 0.3) is 0 Å². The Morgan fingerprint density at radius 1 is 1.19 bits per heavy atom. The molecule has 0 aliphatic rings. The summed E-state index contributed by atoms with van der Waals surface area (Å²) in [7, 11) is -2.16. The van der Waals surface area contributed by atoms with Crippen molar-refractivity contribution in [3.63, 3.8) is 0 Å². The summed E-state index contributed by atoms with van der Waals surface area (Å²) in [4.78, 5) is 3.90. The van der Waals surface area contributed by atoms with Gasteiger partial charge in [0.1, 0.15) is 10.7 Å². The molecule has 2 rings (SSSR count). The highest BCUT2D eigenvalue weighted by atomic mass is 127. The second-order valence-electron chi connectivity index (χ2n) is 3.98. The number of nitrogens with zero attached hydrogens (tertiary/aromatic N) is 1. The molecule has 112 valence electrons. The summed E-state index contributed by atoms with van der Waals surface area (Å²) in [6, 6.07) is 6.33. The van der Waals surface area contributed by atoms with E-state index in [0.29, 0.717) is 16.5 Å². The van der Waals surface area contributed by atoms with Crippen LogP contribution in [0.4, 0.5) is 11.5 Å². The Kier molecular flexibility index (Phi) is 5.18. The quantitative estimate of drug-likeness (QED) is 0.684. The van der Waals surface area contributed by atoms with E-state index in [-0.39, 0.29) is 9.92 Å². The fraction of sp³-hybridized carbons (Fsp3) is 0.0833. The van der Waals surface area contributed by atoms with Gasteiger partial charge in [-0.15, -0.1) is 0 Å². The summed E-state index contributed by atoms with van der Waals surface area (Å²) in [6.45, 7) is 0. The summed E-state index contributed by atoms with van der Waals surface area (Å²) in [5, 5.41) is 3.29. The van der Waals surface area contributed by atoms with Crippen molar-refractivity contribution >= 4 is 67.3 Å². The third kappa shape index (κ3) is 3.91. The molecule has 0 aliphatic heterocycles. The summed E-state index contributed by atoms with van der Waals surface area (Å²) >= 11 is 14.1. The molecule has 1 aromatic carbocycles. The molecule has 1 aromatic heterocycles. The van der Waals surface area contributed by atoms with E-state index in [1.807, 2.05) is 0 Å². The van der Waals surface area contributed by atoms with Crippen molar-refractivity contribution in [1.82, 2.24) is 4.98 Å². The maximum atomic E-state index is 12.3. The Bertz CT molecular complexity index is 784. The number of anilines is 2. The first-order chi connectivity index (χ1) is 9.83. The number of aromatic nitrogens is 1. The van der Waals surface area contributed by atoms with Gasteiger partial charge in [0.25, 0.3) is 10.0 Å². The zero-order chi connectivity index (χ0) is 15.6. The highest BCUT2D eigenvalue weighted by molar-refractivity contribution is 14.1. The van der Waals surface area contributed by atoms with E-state index in [1.165, 1.54) is 12.3 Å². The van der Waals surface area contributed by atoms with Gasteiger partial charge < -0.3 is 5.32 Å². The average molecular weight is 458 g/mol. The fourth-order valence-electron chi connectivity index (χ4n) is 1.53. The second-order valence-corrected chi connectivity index (χ2v) is 7.72. The lowest BCUT2D eigenvalue weighted by Gasteiger charge is -2.11. The van der Waals surface area contributed by atoms with Crippen molar-refractivity contribution in [2.75, 3.05) is 17.1 Å². The second kappa shape index (κ2) is 6.55. The number of hydrogen-bond donors (Lipinski definition) is 2. The fourth-order valence-corrected chi connectivity index (χ4v) is 3.86. The van der Waals surface area contributed by atoms with Gasteiger partial charge in [-0.05, 0) is 46.9 Å². The molecule has 0 bridgehead atoms. The molecule has 2 aromatic rings. The van der Waals surface area contributed by atoms with E-state index in [1.54, 1.807) is 25.2 Å². The third-order valence-electron chi connectivity index (χ3n) is 2.54. The predicted octanol–water partition coefficient (Wildman–Crippen LogP) is 3.84. The Hall–Kier alpha value is -0.770. The van der Waals surface area contributed by atoms with E-state index in [4.69, 9.17) is 23.2 Å². The highest BCUT2D eigenvalue weighted by Gasteiger charge is 2.18. The van der Waals surface area contributed by atoms with Gasteiger partial charge in [-0.2, -0.15) is 0 Å². The molecule has 1 heterocycles. The van der Waals surface area contributed by atoms with Gasteiger partial charge in [0.2, 0.25) is 0 Å². The van der Waals surface area contributed by atoms with Gasteiger partial charge in [0.05, 0.1) is 15.7 Å². The lowest BCUT2D eigenvalue weighted by atomic mass is 10.3. The first-order valence-electron chi connectivity index (χ1n) is 5.64. The van der Waals surface area contributed by atoms with Gasteiger partial charge in [0, 0.05) is 16.8 Å². The van der Waals surface area contributed by atoms with E-state index >= 15 is 0 Å². The smallest absolute Gasteiger partial charge is 0.263 e.